The molecule has 5 nitrogen and oxygen atoms in total. The van der Waals surface area contributed by atoms with Crippen molar-refractivity contribution in [2.75, 3.05) is 18.1 Å². The Kier molecular flexibility index (Phi) is 3.88. The first kappa shape index (κ1) is 13.4. The molecule has 1 aliphatic heterocycles. The zero-order valence-electron chi connectivity index (χ0n) is 10.6. The molecular formula is C13H13N3O2S2. The predicted molar refractivity (Wildman–Crippen MR) is 80.3 cm³/mol. The number of aromatic nitrogens is 2. The van der Waals surface area contributed by atoms with Gasteiger partial charge in [-0.05, 0) is 6.07 Å². The van der Waals surface area contributed by atoms with Gasteiger partial charge in [-0.15, -0.1) is 11.3 Å². The van der Waals surface area contributed by atoms with Gasteiger partial charge >= 0.3 is 0 Å². The van der Waals surface area contributed by atoms with E-state index in [9.17, 15) is 9.59 Å². The van der Waals surface area contributed by atoms with E-state index in [1.807, 2.05) is 22.0 Å². The Morgan fingerprint density at radius 3 is 3.15 bits per heavy atom. The molecule has 0 aromatic carbocycles. The number of aromatic amines is 1. The second kappa shape index (κ2) is 5.80. The number of pyridine rings is 1. The quantitative estimate of drug-likeness (QED) is 0.918. The minimum absolute atomic E-state index is 0.000498. The van der Waals surface area contributed by atoms with Gasteiger partial charge in [0, 0.05) is 47.5 Å². The summed E-state index contributed by atoms with van der Waals surface area (Å²) in [5, 5.41) is 2.88. The molecule has 1 atom stereocenters. The number of carbonyl (C=O) groups is 1. The third-order valence-corrected chi connectivity index (χ3v) is 5.05. The summed E-state index contributed by atoms with van der Waals surface area (Å²) in [6, 6.07) is 2.99. The standard InChI is InChI=1S/C13H13N3O2S2/c17-11-7-9(1-2-14-11)13(18)16-4-6-19-8-10(16)12-15-3-5-20-12/h1-3,5,7,10H,4,6,8H2,(H,14,17)/t10-/m0/s1. The van der Waals surface area contributed by atoms with Crippen LogP contribution in [0.4, 0.5) is 0 Å². The molecule has 0 saturated carbocycles. The minimum atomic E-state index is -0.256. The average Bonchev–Trinajstić information content (AvgIpc) is 3.00. The van der Waals surface area contributed by atoms with Crippen LogP contribution in [0.1, 0.15) is 21.4 Å². The number of hydrogen-bond donors (Lipinski definition) is 1. The van der Waals surface area contributed by atoms with Crippen molar-refractivity contribution in [2.24, 2.45) is 0 Å². The van der Waals surface area contributed by atoms with Crippen molar-refractivity contribution < 1.29 is 4.79 Å². The lowest BCUT2D eigenvalue weighted by Crippen LogP contribution is -2.41. The van der Waals surface area contributed by atoms with E-state index in [-0.39, 0.29) is 17.5 Å². The molecule has 2 aromatic heterocycles. The lowest BCUT2D eigenvalue weighted by molar-refractivity contribution is 0.0701. The lowest BCUT2D eigenvalue weighted by atomic mass is 10.2. The number of amides is 1. The Balaban J connectivity index is 1.90. The first-order valence-corrected chi connectivity index (χ1v) is 8.26. The highest BCUT2D eigenvalue weighted by atomic mass is 32.2. The van der Waals surface area contributed by atoms with Crippen LogP contribution in [0.3, 0.4) is 0 Å². The third kappa shape index (κ3) is 2.64. The number of thiazole rings is 1. The van der Waals surface area contributed by atoms with Crippen LogP contribution in [0.5, 0.6) is 0 Å². The van der Waals surface area contributed by atoms with Crippen molar-refractivity contribution >= 4 is 29.0 Å². The fraction of sp³-hybridized carbons (Fsp3) is 0.308. The predicted octanol–water partition coefficient (Wildman–Crippen LogP) is 1.76. The zero-order chi connectivity index (χ0) is 13.9. The number of nitrogens with zero attached hydrogens (tertiary/aromatic N) is 2. The van der Waals surface area contributed by atoms with Crippen molar-refractivity contribution in [3.63, 3.8) is 0 Å². The number of hydrogen-bond acceptors (Lipinski definition) is 5. The van der Waals surface area contributed by atoms with E-state index in [2.05, 4.69) is 9.97 Å². The molecule has 0 spiro atoms. The van der Waals surface area contributed by atoms with E-state index in [1.54, 1.807) is 23.6 Å². The van der Waals surface area contributed by atoms with Crippen LogP contribution >= 0.6 is 23.1 Å². The summed E-state index contributed by atoms with van der Waals surface area (Å²) in [5.74, 6) is 1.66. The highest BCUT2D eigenvalue weighted by molar-refractivity contribution is 7.99. The van der Waals surface area contributed by atoms with Crippen LogP contribution in [0, 0.1) is 0 Å². The maximum atomic E-state index is 12.6. The van der Waals surface area contributed by atoms with Gasteiger partial charge < -0.3 is 9.88 Å². The van der Waals surface area contributed by atoms with Crippen LogP contribution in [-0.2, 0) is 0 Å². The van der Waals surface area contributed by atoms with Gasteiger partial charge in [-0.2, -0.15) is 11.8 Å². The fourth-order valence-electron chi connectivity index (χ4n) is 2.19. The Morgan fingerprint density at radius 1 is 1.50 bits per heavy atom. The van der Waals surface area contributed by atoms with Crippen molar-refractivity contribution in [1.29, 1.82) is 0 Å². The highest BCUT2D eigenvalue weighted by Gasteiger charge is 2.30. The van der Waals surface area contributed by atoms with Gasteiger partial charge in [-0.25, -0.2) is 4.98 Å². The molecule has 3 heterocycles. The lowest BCUT2D eigenvalue weighted by Gasteiger charge is -2.34. The number of rotatable bonds is 2. The van der Waals surface area contributed by atoms with Crippen LogP contribution in [-0.4, -0.2) is 38.8 Å². The molecule has 1 saturated heterocycles. The summed E-state index contributed by atoms with van der Waals surface area (Å²) in [5.41, 5.74) is 0.176. The second-order valence-corrected chi connectivity index (χ2v) is 6.48. The molecule has 0 unspecified atom stereocenters. The van der Waals surface area contributed by atoms with E-state index in [0.29, 0.717) is 12.1 Å². The molecule has 104 valence electrons. The van der Waals surface area contributed by atoms with Crippen molar-refractivity contribution in [3.8, 4) is 0 Å². The van der Waals surface area contributed by atoms with E-state index in [0.717, 1.165) is 16.5 Å². The molecule has 3 rings (SSSR count). The monoisotopic (exact) mass is 307 g/mol. The second-order valence-electron chi connectivity index (χ2n) is 4.40. The fourth-order valence-corrected chi connectivity index (χ4v) is 4.10. The van der Waals surface area contributed by atoms with Crippen molar-refractivity contribution in [3.05, 3.63) is 50.8 Å². The summed E-state index contributed by atoms with van der Waals surface area (Å²) in [4.78, 5) is 32.6. The maximum absolute atomic E-state index is 12.6. The molecule has 0 aliphatic carbocycles. The summed E-state index contributed by atoms with van der Waals surface area (Å²) < 4.78 is 0. The smallest absolute Gasteiger partial charge is 0.254 e. The topological polar surface area (TPSA) is 66.1 Å². The van der Waals surface area contributed by atoms with E-state index < -0.39 is 0 Å². The maximum Gasteiger partial charge on any atom is 0.254 e. The van der Waals surface area contributed by atoms with E-state index in [4.69, 9.17) is 0 Å². The van der Waals surface area contributed by atoms with Gasteiger partial charge in [-0.1, -0.05) is 0 Å². The number of nitrogens with one attached hydrogen (secondary N) is 1. The molecular weight excluding hydrogens is 294 g/mol. The molecule has 1 amide bonds. The van der Waals surface area contributed by atoms with E-state index in [1.165, 1.54) is 12.3 Å². The van der Waals surface area contributed by atoms with Gasteiger partial charge in [0.2, 0.25) is 5.56 Å². The molecule has 20 heavy (non-hydrogen) atoms. The highest BCUT2D eigenvalue weighted by Crippen LogP contribution is 2.31. The van der Waals surface area contributed by atoms with E-state index >= 15 is 0 Å². The van der Waals surface area contributed by atoms with Crippen LogP contribution < -0.4 is 5.56 Å². The molecule has 0 radical (unpaired) electrons. The van der Waals surface area contributed by atoms with Crippen LogP contribution in [0.2, 0.25) is 0 Å². The zero-order valence-corrected chi connectivity index (χ0v) is 12.2. The Morgan fingerprint density at radius 2 is 2.40 bits per heavy atom. The first-order chi connectivity index (χ1) is 9.75. The molecule has 2 aromatic rings. The Bertz CT molecular complexity index is 654. The summed E-state index contributed by atoms with van der Waals surface area (Å²) in [7, 11) is 0. The van der Waals surface area contributed by atoms with Gasteiger partial charge in [0.15, 0.2) is 0 Å². The average molecular weight is 307 g/mol. The normalized spacial score (nSPS) is 19.0. The summed E-state index contributed by atoms with van der Waals surface area (Å²) in [6.07, 6.45) is 3.27. The van der Waals surface area contributed by atoms with Gasteiger partial charge in [-0.3, -0.25) is 9.59 Å². The van der Waals surface area contributed by atoms with Crippen LogP contribution in [0.15, 0.2) is 34.7 Å². The summed E-state index contributed by atoms with van der Waals surface area (Å²) >= 11 is 3.39. The number of carbonyl (C=O) groups excluding carboxylic acids is 1. The third-order valence-electron chi connectivity index (χ3n) is 3.15. The molecule has 1 N–H and O–H groups in total. The molecule has 7 heteroatoms. The van der Waals surface area contributed by atoms with Gasteiger partial charge in [0.05, 0.1) is 6.04 Å². The Labute approximate surface area is 124 Å². The molecule has 0 bridgehead atoms. The number of thioether (sulfide) groups is 1. The van der Waals surface area contributed by atoms with Crippen molar-refractivity contribution in [2.45, 2.75) is 6.04 Å². The first-order valence-electron chi connectivity index (χ1n) is 6.22. The SMILES string of the molecule is O=C(c1cc[nH]c(=O)c1)N1CCSC[C@H]1c1nccs1. The van der Waals surface area contributed by atoms with Gasteiger partial charge in [0.25, 0.3) is 5.91 Å². The number of H-pyrrole nitrogens is 1. The van der Waals surface area contributed by atoms with Crippen LogP contribution in [0.25, 0.3) is 0 Å². The molecule has 1 aliphatic rings. The van der Waals surface area contributed by atoms with Crippen molar-refractivity contribution in [1.82, 2.24) is 14.9 Å². The van der Waals surface area contributed by atoms with Gasteiger partial charge in [0.1, 0.15) is 5.01 Å². The Hall–Kier alpha value is -1.60. The minimum Gasteiger partial charge on any atom is -0.329 e. The summed E-state index contributed by atoms with van der Waals surface area (Å²) in [6.45, 7) is 0.681. The molecule has 1 fully saturated rings. The largest absolute Gasteiger partial charge is 0.329 e.